The quantitative estimate of drug-likeness (QED) is 0.239. The fourth-order valence-electron chi connectivity index (χ4n) is 4.70. The molecule has 2 N–H and O–H groups in total. The molecule has 1 aliphatic rings. The van der Waals surface area contributed by atoms with Gasteiger partial charge in [0.15, 0.2) is 5.82 Å². The third-order valence-electron chi connectivity index (χ3n) is 6.60. The molecule has 3 aromatic heterocycles. The van der Waals surface area contributed by atoms with Crippen LogP contribution in [0.3, 0.4) is 0 Å². The molecule has 0 radical (unpaired) electrons. The van der Waals surface area contributed by atoms with E-state index < -0.39 is 24.9 Å². The Bertz CT molecular complexity index is 1520. The van der Waals surface area contributed by atoms with E-state index in [1.54, 1.807) is 25.1 Å². The number of ether oxygens (including phenoxy) is 2. The lowest BCUT2D eigenvalue weighted by molar-refractivity contribution is -0.0117. The highest BCUT2D eigenvalue weighted by Gasteiger charge is 2.35. The molecule has 194 valence electrons. The number of allylic oxidation sites excluding steroid dienone is 1. The predicted octanol–water partition coefficient (Wildman–Crippen LogP) is 5.41. The van der Waals surface area contributed by atoms with Crippen molar-refractivity contribution in [2.45, 2.75) is 50.7 Å². The number of esters is 1. The standard InChI is InChI=1S/C27H29F2N5O3/c1-5-10-27(28,29)14-33-21(12-16-6-9-19(15(2)30)31-24(16)33)25-32-20-11-17(26(35)37-4)13-22(36-3)23(20)34(25)18-7-8-18/h5-6,9,11-13,15,18H,1,7-8,10,14,30H2,2-4H3/t15-/m1/s1. The van der Waals surface area contributed by atoms with Gasteiger partial charge in [-0.05, 0) is 50.1 Å². The zero-order chi connectivity index (χ0) is 26.5. The Kier molecular flexibility index (Phi) is 6.23. The van der Waals surface area contributed by atoms with Crippen LogP contribution in [0.1, 0.15) is 54.3 Å². The molecule has 3 heterocycles. The van der Waals surface area contributed by atoms with Gasteiger partial charge in [-0.3, -0.25) is 0 Å². The molecule has 1 saturated carbocycles. The molecule has 0 amide bonds. The Hall–Kier alpha value is -3.79. The Labute approximate surface area is 212 Å². The van der Waals surface area contributed by atoms with Gasteiger partial charge in [0.05, 0.1) is 43.2 Å². The molecule has 0 aliphatic heterocycles. The number of nitrogens with two attached hydrogens (primary N) is 1. The molecule has 1 aliphatic carbocycles. The minimum Gasteiger partial charge on any atom is -0.494 e. The van der Waals surface area contributed by atoms with Crippen LogP contribution >= 0.6 is 0 Å². The van der Waals surface area contributed by atoms with Crippen molar-refractivity contribution in [3.8, 4) is 17.3 Å². The van der Waals surface area contributed by atoms with Crippen molar-refractivity contribution in [3.05, 3.63) is 54.2 Å². The molecule has 1 fully saturated rings. The van der Waals surface area contributed by atoms with Gasteiger partial charge >= 0.3 is 5.97 Å². The molecule has 0 bridgehead atoms. The topological polar surface area (TPSA) is 97.2 Å². The molecule has 0 saturated heterocycles. The number of hydrogen-bond donors (Lipinski definition) is 1. The number of benzene rings is 1. The van der Waals surface area contributed by atoms with Crippen molar-refractivity contribution >= 4 is 28.0 Å². The second-order valence-electron chi connectivity index (χ2n) is 9.48. The van der Waals surface area contributed by atoms with Crippen molar-refractivity contribution < 1.29 is 23.0 Å². The van der Waals surface area contributed by atoms with Crippen LogP contribution in [0.25, 0.3) is 33.6 Å². The van der Waals surface area contributed by atoms with Crippen molar-refractivity contribution in [1.29, 1.82) is 0 Å². The maximum Gasteiger partial charge on any atom is 0.338 e. The first-order valence-corrected chi connectivity index (χ1v) is 12.1. The van der Waals surface area contributed by atoms with Gasteiger partial charge in [0.25, 0.3) is 5.92 Å². The first kappa shape index (κ1) is 24.9. The van der Waals surface area contributed by atoms with Crippen LogP contribution in [0.4, 0.5) is 8.78 Å². The van der Waals surface area contributed by atoms with Gasteiger partial charge in [0, 0.05) is 23.9 Å². The van der Waals surface area contributed by atoms with Gasteiger partial charge < -0.3 is 24.3 Å². The van der Waals surface area contributed by atoms with Gasteiger partial charge in [0.2, 0.25) is 0 Å². The molecule has 4 aromatic rings. The summed E-state index contributed by atoms with van der Waals surface area (Å²) in [5, 5.41) is 0.699. The van der Waals surface area contributed by atoms with Crippen LogP contribution in [-0.2, 0) is 11.3 Å². The first-order valence-electron chi connectivity index (χ1n) is 12.1. The Morgan fingerprint density at radius 3 is 2.65 bits per heavy atom. The normalized spacial score (nSPS) is 14.8. The van der Waals surface area contributed by atoms with Gasteiger partial charge in [-0.1, -0.05) is 6.08 Å². The molecule has 1 atom stereocenters. The van der Waals surface area contributed by atoms with E-state index in [0.717, 1.165) is 12.8 Å². The second-order valence-corrected chi connectivity index (χ2v) is 9.48. The van der Waals surface area contributed by atoms with E-state index in [1.807, 2.05) is 16.7 Å². The molecule has 10 heteroatoms. The monoisotopic (exact) mass is 509 g/mol. The number of hydrogen-bond acceptors (Lipinski definition) is 6. The van der Waals surface area contributed by atoms with Crippen molar-refractivity contribution in [2.24, 2.45) is 5.73 Å². The van der Waals surface area contributed by atoms with Crippen molar-refractivity contribution in [1.82, 2.24) is 19.1 Å². The Morgan fingerprint density at radius 2 is 2.03 bits per heavy atom. The maximum absolute atomic E-state index is 15.0. The molecule has 0 spiro atoms. The summed E-state index contributed by atoms with van der Waals surface area (Å²) in [5.41, 5.74) is 9.07. The van der Waals surface area contributed by atoms with E-state index in [0.29, 0.717) is 50.6 Å². The molecule has 8 nitrogen and oxygen atoms in total. The highest BCUT2D eigenvalue weighted by atomic mass is 19.3. The van der Waals surface area contributed by atoms with Crippen LogP contribution in [0.2, 0.25) is 0 Å². The summed E-state index contributed by atoms with van der Waals surface area (Å²) in [6.45, 7) is 4.68. The number of alkyl halides is 2. The molecular weight excluding hydrogens is 480 g/mol. The zero-order valence-corrected chi connectivity index (χ0v) is 21.0. The van der Waals surface area contributed by atoms with E-state index in [4.69, 9.17) is 20.2 Å². The zero-order valence-electron chi connectivity index (χ0n) is 21.0. The third kappa shape index (κ3) is 4.46. The van der Waals surface area contributed by atoms with Gasteiger partial charge in [-0.15, -0.1) is 6.58 Å². The van der Waals surface area contributed by atoms with E-state index >= 15 is 8.78 Å². The molecule has 5 rings (SSSR count). The average molecular weight is 510 g/mol. The number of fused-ring (bicyclic) bond motifs is 2. The summed E-state index contributed by atoms with van der Waals surface area (Å²) in [5.74, 6) is -2.61. The van der Waals surface area contributed by atoms with E-state index in [2.05, 4.69) is 11.6 Å². The smallest absolute Gasteiger partial charge is 0.338 e. The predicted molar refractivity (Wildman–Crippen MR) is 137 cm³/mol. The maximum atomic E-state index is 15.0. The molecule has 0 unspecified atom stereocenters. The SMILES string of the molecule is C=CCC(F)(F)Cn1c(-c2nc3cc(C(=O)OC)cc(OC)c3n2C2CC2)cc2ccc([C@@H](C)N)nc21. The Balaban J connectivity index is 1.80. The lowest BCUT2D eigenvalue weighted by atomic mass is 10.2. The van der Waals surface area contributed by atoms with Gasteiger partial charge in [0.1, 0.15) is 16.9 Å². The van der Waals surface area contributed by atoms with E-state index in [1.165, 1.54) is 24.9 Å². The lowest BCUT2D eigenvalue weighted by Crippen LogP contribution is -2.24. The van der Waals surface area contributed by atoms with Crippen LogP contribution in [0.5, 0.6) is 5.75 Å². The van der Waals surface area contributed by atoms with E-state index in [9.17, 15) is 4.79 Å². The first-order chi connectivity index (χ1) is 17.7. The van der Waals surface area contributed by atoms with Crippen LogP contribution in [0, 0.1) is 0 Å². The summed E-state index contributed by atoms with van der Waals surface area (Å²) in [4.78, 5) is 21.8. The van der Waals surface area contributed by atoms with Gasteiger partial charge in [-0.2, -0.15) is 0 Å². The number of imidazole rings is 1. The molecular formula is C27H29F2N5O3. The van der Waals surface area contributed by atoms with Crippen LogP contribution in [-0.4, -0.2) is 45.2 Å². The fourth-order valence-corrected chi connectivity index (χ4v) is 4.70. The Morgan fingerprint density at radius 1 is 1.27 bits per heavy atom. The largest absolute Gasteiger partial charge is 0.494 e. The number of halogens is 2. The summed E-state index contributed by atoms with van der Waals surface area (Å²) < 4.78 is 44.1. The summed E-state index contributed by atoms with van der Waals surface area (Å²) in [6, 6.07) is 8.49. The van der Waals surface area contributed by atoms with Crippen LogP contribution in [0.15, 0.2) is 43.0 Å². The number of pyridine rings is 1. The number of methoxy groups -OCH3 is 2. The number of nitrogens with zero attached hydrogens (tertiary/aromatic N) is 4. The van der Waals surface area contributed by atoms with Crippen LogP contribution < -0.4 is 10.5 Å². The molecule has 1 aromatic carbocycles. The lowest BCUT2D eigenvalue weighted by Gasteiger charge is -2.19. The number of rotatable bonds is 9. The summed E-state index contributed by atoms with van der Waals surface area (Å²) >= 11 is 0. The summed E-state index contributed by atoms with van der Waals surface area (Å²) in [7, 11) is 2.82. The average Bonchev–Trinajstić information content (AvgIpc) is 3.55. The fraction of sp³-hybridized carbons (Fsp3) is 0.370. The van der Waals surface area contributed by atoms with Crippen molar-refractivity contribution in [3.63, 3.8) is 0 Å². The minimum atomic E-state index is -3.05. The second kappa shape index (κ2) is 9.26. The minimum absolute atomic E-state index is 0.130. The van der Waals surface area contributed by atoms with E-state index in [-0.39, 0.29) is 12.1 Å². The number of carbonyl (C=O) groups excluding carboxylic acids is 1. The number of carbonyl (C=O) groups is 1. The van der Waals surface area contributed by atoms with Gasteiger partial charge in [-0.25, -0.2) is 23.5 Å². The summed E-state index contributed by atoms with van der Waals surface area (Å²) in [6.07, 6.45) is 2.57. The highest BCUT2D eigenvalue weighted by molar-refractivity contribution is 5.97. The van der Waals surface area contributed by atoms with Crippen molar-refractivity contribution in [2.75, 3.05) is 14.2 Å². The third-order valence-corrected chi connectivity index (χ3v) is 6.60. The number of aromatic nitrogens is 4. The molecule has 37 heavy (non-hydrogen) atoms. The highest BCUT2D eigenvalue weighted by Crippen LogP contribution is 2.45.